The van der Waals surface area contributed by atoms with Gasteiger partial charge in [0.15, 0.2) is 61.0 Å². The summed E-state index contributed by atoms with van der Waals surface area (Å²) < 4.78 is 111. The van der Waals surface area contributed by atoms with E-state index in [9.17, 15) is 72.5 Å². The summed E-state index contributed by atoms with van der Waals surface area (Å²) in [6, 6.07) is 0. The molecule has 17 rings (SSSR count). The van der Waals surface area contributed by atoms with E-state index in [1.807, 2.05) is 83.1 Å². The minimum absolute atomic E-state index is 0. The molecule has 2 N–H and O–H groups in total. The predicted octanol–water partition coefficient (Wildman–Crippen LogP) is 13.7. The van der Waals surface area contributed by atoms with Crippen molar-refractivity contribution in [3.63, 3.8) is 0 Å². The van der Waals surface area contributed by atoms with Gasteiger partial charge < -0.3 is 110 Å². The summed E-state index contributed by atoms with van der Waals surface area (Å²) in [4.78, 5) is 153. The molecule has 0 amide bonds. The fraction of sp³-hybridized carbons (Fsp3) is 0.870. The number of fused-ring (bicyclic) bond motifs is 14. The van der Waals surface area contributed by atoms with Crippen LogP contribution in [0.15, 0.2) is 0 Å². The van der Waals surface area contributed by atoms with Gasteiger partial charge in [0.2, 0.25) is 18.3 Å². The number of esters is 13. The van der Waals surface area contributed by atoms with Gasteiger partial charge in [0.25, 0.3) is 0 Å². The van der Waals surface area contributed by atoms with Gasteiger partial charge in [-0.15, -0.1) is 0 Å². The molecule has 11 saturated heterocycles. The lowest BCUT2D eigenvalue weighted by molar-refractivity contribution is -0.246. The summed E-state index contributed by atoms with van der Waals surface area (Å²) in [5.74, 6) is -3.84. The van der Waals surface area contributed by atoms with Gasteiger partial charge in [-0.3, -0.25) is 47.9 Å². The first-order valence-corrected chi connectivity index (χ1v) is 46.5. The molecular weight excluding hydrogens is 1780 g/mol. The number of cyclic esters (lactones) is 2. The van der Waals surface area contributed by atoms with Crippen molar-refractivity contribution in [2.45, 2.75) is 421 Å². The fourth-order valence-electron chi connectivity index (χ4n) is 18.8. The molecule has 0 aromatic carbocycles. The molecule has 11 heterocycles. The summed E-state index contributed by atoms with van der Waals surface area (Å²) in [7, 11) is 7.40. The van der Waals surface area contributed by atoms with Gasteiger partial charge in [0, 0.05) is 50.7 Å². The number of carbonyl (C=O) groups excluding carboxylic acids is 13. The molecule has 0 aromatic rings. The van der Waals surface area contributed by atoms with Gasteiger partial charge in [-0.25, -0.2) is 14.4 Å². The van der Waals surface area contributed by atoms with Gasteiger partial charge in [0.05, 0.1) is 90.7 Å². The van der Waals surface area contributed by atoms with Gasteiger partial charge in [-0.05, 0) is 199 Å². The highest BCUT2D eigenvalue weighted by Gasteiger charge is 2.72. The molecule has 0 radical (unpaired) electrons. The fourth-order valence-corrected chi connectivity index (χ4v) is 18.8. The second kappa shape index (κ2) is 49.9. The number of carbonyl (C=O) groups is 13. The Hall–Kier alpha value is -7.29. The molecule has 27 atom stereocenters. The molecule has 6 saturated carbocycles. The Morgan fingerprint density at radius 1 is 0.368 bits per heavy atom. The largest absolute Gasteiger partial charge is 0.469 e. The zero-order chi connectivity index (χ0) is 96.8. The summed E-state index contributed by atoms with van der Waals surface area (Å²) in [6.45, 7) is 38.1. The van der Waals surface area contributed by atoms with E-state index in [-0.39, 0.29) is 109 Å². The molecule has 36 heteroatoms. The summed E-state index contributed by atoms with van der Waals surface area (Å²) >= 11 is 0. The SMILES string of the molecule is C.C.C.C.C.C.CCC(C)(C)C(=O)OC.CCC(C)(C)C(=O)OC.CCC(C)(C)C(=O)OC1C(=O)OC2C(O)C(O)OC12.CCC(C)(C)C(=O)OC1C(=O)OC2C3OC(C)(C)OC3OC12.CCC(C)(C)C(=O)OC1C(=O)OC2C3OC4(CCCCC4)OC3OC12.CCC(C)(C)C(=O)OC1C2CC3C1OC(=O)C3C2C(=O)OC.COC.O=C1OCC2C3CCC(C3)C12.O=C1OCC2CCCCC12. The number of aliphatic hydroxyl groups excluding tert-OH is 2. The van der Waals surface area contributed by atoms with Gasteiger partial charge >= 0.3 is 77.6 Å². The van der Waals surface area contributed by atoms with Gasteiger partial charge in [-0.2, -0.15) is 0 Å². The minimum atomic E-state index is -1.44. The number of ether oxygens (including phenoxy) is 21. The first-order valence-electron chi connectivity index (χ1n) is 46.5. The van der Waals surface area contributed by atoms with Crippen molar-refractivity contribution in [2.75, 3.05) is 48.8 Å². The smallest absolute Gasteiger partial charge is 0.350 e. The van der Waals surface area contributed by atoms with Crippen molar-refractivity contribution in [3.8, 4) is 0 Å². The normalized spacial score (nSPS) is 33.9. The van der Waals surface area contributed by atoms with Crippen LogP contribution in [0.5, 0.6) is 0 Å². The van der Waals surface area contributed by atoms with Crippen molar-refractivity contribution in [1.29, 1.82) is 0 Å². The number of methoxy groups -OCH3 is 4. The third-order valence-corrected chi connectivity index (χ3v) is 29.5. The number of rotatable bonds is 17. The van der Waals surface area contributed by atoms with Crippen molar-refractivity contribution >= 4 is 77.6 Å². The molecule has 36 nitrogen and oxygen atoms in total. The Balaban J connectivity index is 0.000000406. The average Bonchev–Trinajstić information content (AvgIpc) is 1.56. The van der Waals surface area contributed by atoms with E-state index in [1.54, 1.807) is 69.6 Å². The van der Waals surface area contributed by atoms with Gasteiger partial charge in [0.1, 0.15) is 36.6 Å². The van der Waals surface area contributed by atoms with E-state index in [0.717, 1.165) is 57.5 Å². The third kappa shape index (κ3) is 26.9. The molecule has 4 bridgehead atoms. The Bertz CT molecular complexity index is 3960. The maximum atomic E-state index is 12.4. The summed E-state index contributed by atoms with van der Waals surface area (Å²) in [5.41, 5.74) is -3.27. The molecule has 17 aliphatic rings. The Kier molecular flexibility index (Phi) is 45.1. The lowest BCUT2D eigenvalue weighted by atomic mass is 9.78. The van der Waals surface area contributed by atoms with Gasteiger partial charge in [-0.1, -0.05) is 105 Å². The Morgan fingerprint density at radius 2 is 0.765 bits per heavy atom. The maximum absolute atomic E-state index is 12.4. The summed E-state index contributed by atoms with van der Waals surface area (Å²) in [5, 5.41) is 18.9. The van der Waals surface area contributed by atoms with Crippen LogP contribution in [0, 0.1) is 91.7 Å². The number of hydrogen-bond donors (Lipinski definition) is 2. The van der Waals surface area contributed by atoms with E-state index < -0.39 is 191 Å². The third-order valence-electron chi connectivity index (χ3n) is 29.5. The Labute approximate surface area is 807 Å². The van der Waals surface area contributed by atoms with Crippen LogP contribution < -0.4 is 0 Å². The number of hydrogen-bond acceptors (Lipinski definition) is 36. The molecule has 11 aliphatic heterocycles. The van der Waals surface area contributed by atoms with Crippen LogP contribution in [-0.2, 0) is 162 Å². The van der Waals surface area contributed by atoms with Crippen molar-refractivity contribution in [2.24, 2.45) is 91.7 Å². The Morgan fingerprint density at radius 3 is 1.19 bits per heavy atom. The highest BCUT2D eigenvalue weighted by atomic mass is 16.9. The van der Waals surface area contributed by atoms with Crippen LogP contribution in [0.3, 0.4) is 0 Å². The quantitative estimate of drug-likeness (QED) is 0.101. The first-order chi connectivity index (χ1) is 60.8. The predicted molar refractivity (Wildman–Crippen MR) is 493 cm³/mol. The van der Waals surface area contributed by atoms with Crippen LogP contribution in [-0.4, -0.2) is 252 Å². The van der Waals surface area contributed by atoms with Crippen LogP contribution in [0.25, 0.3) is 0 Å². The monoisotopic (exact) mass is 1950 g/mol. The molecule has 136 heavy (non-hydrogen) atoms. The van der Waals surface area contributed by atoms with Crippen LogP contribution in [0.4, 0.5) is 0 Å². The van der Waals surface area contributed by atoms with E-state index in [0.29, 0.717) is 62.4 Å². The van der Waals surface area contributed by atoms with E-state index in [1.165, 1.54) is 66.3 Å². The van der Waals surface area contributed by atoms with Crippen LogP contribution in [0.1, 0.15) is 305 Å². The first kappa shape index (κ1) is 123. The van der Waals surface area contributed by atoms with E-state index >= 15 is 0 Å². The summed E-state index contributed by atoms with van der Waals surface area (Å²) in [6.07, 6.45) is 4.72. The molecular formula is C100H170O36. The average molecular weight is 1950 g/mol. The molecule has 17 fully saturated rings. The van der Waals surface area contributed by atoms with Crippen LogP contribution >= 0.6 is 0 Å². The highest BCUT2D eigenvalue weighted by molar-refractivity contribution is 5.88. The lowest BCUT2D eigenvalue weighted by Gasteiger charge is -2.33. The molecule has 6 aliphatic carbocycles. The van der Waals surface area contributed by atoms with Crippen molar-refractivity contribution in [3.05, 3.63) is 0 Å². The molecule has 27 unspecified atom stereocenters. The second-order valence-electron chi connectivity index (χ2n) is 41.0. The van der Waals surface area contributed by atoms with E-state index in [2.05, 4.69) is 14.2 Å². The maximum Gasteiger partial charge on any atom is 0.350 e. The second-order valence-corrected chi connectivity index (χ2v) is 41.0. The lowest BCUT2D eigenvalue weighted by Crippen LogP contribution is -2.45. The highest BCUT2D eigenvalue weighted by Crippen LogP contribution is 2.60. The van der Waals surface area contributed by atoms with Crippen molar-refractivity contribution in [1.82, 2.24) is 0 Å². The minimum Gasteiger partial charge on any atom is -0.469 e. The standard InChI is InChI=1S/C18H26O7.C16H22O6.C15H22O7.C12H18O7.C9H12O2.C8H12O2.2C7H14O2.C2H6O.6CH4/c1-4-17(2,3)16(20)23-12-10-11(21-14(12)19)13-15(22-10)25-18(24-13)8-6-5-7-9-18;1-5-16(2,3)15(19)22-12-7-6-8-10(9(7)13(17)20-4)14(18)21-11(8)12;1-6-14(2,3)13(17)20-9-7-8(18-11(9)16)10-12(19-7)22-15(4,5)21-10;1-4-12(2,3)11(16)19-8-7-6(17-10(8)15)5(13)9(14)18-7;10-9-8-6-2-1-5(3-6)7(8)4-11-9;9-8-7-4-2-1-3-6(7)5-10-8;2*1-5-7(2,3)6(8)9-4;1-3-2;;;;;;/h10-13,15H,4-9H2,1-3H3;7-12H,5-6H2,1-4H3;7-10,12H,6H2,1-5H3;5-9,13-14H,4H2,1-3H3;5-8H,1-4H2;6-7H,1-5H2;2*5H2,1-4H3;1-2H3;6*1H4. The number of aliphatic hydroxyl groups is 2. The molecule has 1 spiro atoms. The molecule has 0 aromatic heterocycles. The zero-order valence-electron chi connectivity index (χ0n) is 80.7. The van der Waals surface area contributed by atoms with Crippen LogP contribution in [0.2, 0.25) is 0 Å². The van der Waals surface area contributed by atoms with Crippen molar-refractivity contribution < 1.29 is 172 Å². The van der Waals surface area contributed by atoms with E-state index in [4.69, 9.17) is 85.3 Å². The zero-order valence-corrected chi connectivity index (χ0v) is 80.7. The molecule has 786 valence electrons. The topological polar surface area (TPSA) is 456 Å².